The van der Waals surface area contributed by atoms with E-state index in [-0.39, 0.29) is 12.0 Å². The van der Waals surface area contributed by atoms with Gasteiger partial charge in [-0.05, 0) is 43.0 Å². The minimum atomic E-state index is -0.935. The number of ether oxygens (including phenoxy) is 1. The molecule has 1 unspecified atom stereocenters. The zero-order valence-electron chi connectivity index (χ0n) is 11.9. The molecule has 0 aliphatic rings. The van der Waals surface area contributed by atoms with Gasteiger partial charge in [-0.2, -0.15) is 0 Å². The number of carboxylic acid groups (broad SMARTS) is 1. The molecule has 0 aliphatic carbocycles. The number of carbonyl (C=O) groups is 2. The van der Waals surface area contributed by atoms with E-state index in [0.29, 0.717) is 23.4 Å². The number of hydrogen-bond donors (Lipinski definition) is 2. The molecule has 2 N–H and O–H groups in total. The Morgan fingerprint density at radius 3 is 2.81 bits per heavy atom. The lowest BCUT2D eigenvalue weighted by atomic mass is 10.2. The van der Waals surface area contributed by atoms with Crippen LogP contribution in [-0.2, 0) is 9.53 Å². The van der Waals surface area contributed by atoms with Crippen LogP contribution in [0.4, 0.5) is 5.69 Å². The molecule has 0 spiro atoms. The van der Waals surface area contributed by atoms with Crippen molar-refractivity contribution < 1.29 is 19.4 Å². The summed E-state index contributed by atoms with van der Waals surface area (Å²) in [5.74, 6) is -1.01. The lowest BCUT2D eigenvalue weighted by Crippen LogP contribution is -2.15. The van der Waals surface area contributed by atoms with Gasteiger partial charge < -0.3 is 15.2 Å². The Kier molecular flexibility index (Phi) is 4.93. The molecule has 5 nitrogen and oxygen atoms in total. The van der Waals surface area contributed by atoms with Crippen molar-refractivity contribution in [2.45, 2.75) is 25.9 Å². The fraction of sp³-hybridized carbons (Fsp3) is 0.333. The number of carbonyl (C=O) groups excluding carboxylic acids is 1. The molecule has 1 atom stereocenters. The molecule has 21 heavy (non-hydrogen) atoms. The highest BCUT2D eigenvalue weighted by molar-refractivity contribution is 7.20. The Labute approximate surface area is 126 Å². The maximum absolute atomic E-state index is 11.8. The zero-order valence-corrected chi connectivity index (χ0v) is 12.7. The summed E-state index contributed by atoms with van der Waals surface area (Å²) in [5, 5.41) is 12.6. The van der Waals surface area contributed by atoms with Crippen molar-refractivity contribution in [1.82, 2.24) is 0 Å². The van der Waals surface area contributed by atoms with E-state index in [0.717, 1.165) is 10.1 Å². The van der Waals surface area contributed by atoms with Gasteiger partial charge in [-0.15, -0.1) is 11.3 Å². The number of benzene rings is 1. The smallest absolute Gasteiger partial charge is 0.345 e. The van der Waals surface area contributed by atoms with Gasteiger partial charge in [-0.1, -0.05) is 0 Å². The summed E-state index contributed by atoms with van der Waals surface area (Å²) < 4.78 is 5.99. The van der Waals surface area contributed by atoms with Crippen molar-refractivity contribution in [3.63, 3.8) is 0 Å². The third-order valence-corrected chi connectivity index (χ3v) is 4.30. The highest BCUT2D eigenvalue weighted by Crippen LogP contribution is 2.28. The maximum Gasteiger partial charge on any atom is 0.345 e. The van der Waals surface area contributed by atoms with Crippen LogP contribution in [0.2, 0.25) is 0 Å². The molecule has 112 valence electrons. The molecular formula is C15H17NO4S. The van der Waals surface area contributed by atoms with Crippen LogP contribution in [0.15, 0.2) is 24.3 Å². The molecule has 6 heteroatoms. The molecule has 1 aromatic carbocycles. The predicted molar refractivity (Wildman–Crippen MR) is 83.1 cm³/mol. The van der Waals surface area contributed by atoms with Gasteiger partial charge in [0.1, 0.15) is 4.88 Å². The van der Waals surface area contributed by atoms with Crippen LogP contribution in [0.25, 0.3) is 10.1 Å². The average Bonchev–Trinajstić information content (AvgIpc) is 2.88. The number of thiophene rings is 1. The second-order valence-corrected chi connectivity index (χ2v) is 5.89. The normalized spacial score (nSPS) is 12.3. The fourth-order valence-electron chi connectivity index (χ4n) is 1.90. The van der Waals surface area contributed by atoms with Gasteiger partial charge in [0.15, 0.2) is 0 Å². The molecule has 0 radical (unpaired) electrons. The van der Waals surface area contributed by atoms with E-state index in [1.807, 2.05) is 13.0 Å². The predicted octanol–water partition coefficient (Wildman–Crippen LogP) is 3.35. The first-order valence-corrected chi connectivity index (χ1v) is 7.41. The monoisotopic (exact) mass is 307 g/mol. The maximum atomic E-state index is 11.8. The van der Waals surface area contributed by atoms with Crippen LogP contribution in [0, 0.1) is 0 Å². The van der Waals surface area contributed by atoms with Gasteiger partial charge >= 0.3 is 5.97 Å². The molecule has 0 saturated carbocycles. The van der Waals surface area contributed by atoms with Crippen LogP contribution in [0.3, 0.4) is 0 Å². The molecule has 0 aliphatic heterocycles. The van der Waals surface area contributed by atoms with Crippen LogP contribution < -0.4 is 5.32 Å². The molecule has 0 saturated heterocycles. The van der Waals surface area contributed by atoms with Crippen molar-refractivity contribution >= 4 is 39.0 Å². The van der Waals surface area contributed by atoms with Gasteiger partial charge in [0, 0.05) is 23.9 Å². The number of hydrogen-bond acceptors (Lipinski definition) is 4. The number of methoxy groups -OCH3 is 1. The first kappa shape index (κ1) is 15.5. The minimum Gasteiger partial charge on any atom is -0.477 e. The van der Waals surface area contributed by atoms with Crippen LogP contribution in [0.1, 0.15) is 29.4 Å². The van der Waals surface area contributed by atoms with Crippen molar-refractivity contribution in [3.8, 4) is 0 Å². The SMILES string of the molecule is COC(C)CCC(=O)Nc1ccc2sc(C(=O)O)cc2c1. The summed E-state index contributed by atoms with van der Waals surface area (Å²) in [6, 6.07) is 7.00. The number of aromatic carboxylic acids is 1. The number of carboxylic acids is 1. The zero-order chi connectivity index (χ0) is 15.4. The van der Waals surface area contributed by atoms with Crippen LogP contribution in [0.5, 0.6) is 0 Å². The second-order valence-electron chi connectivity index (χ2n) is 4.80. The molecule has 2 rings (SSSR count). The van der Waals surface area contributed by atoms with E-state index in [2.05, 4.69) is 5.32 Å². The number of rotatable bonds is 6. The first-order valence-electron chi connectivity index (χ1n) is 6.59. The van der Waals surface area contributed by atoms with Gasteiger partial charge in [0.05, 0.1) is 6.10 Å². The summed E-state index contributed by atoms with van der Waals surface area (Å²) in [6.07, 6.45) is 1.09. The van der Waals surface area contributed by atoms with Gasteiger partial charge in [0.25, 0.3) is 0 Å². The molecule has 1 aromatic heterocycles. The van der Waals surface area contributed by atoms with E-state index in [4.69, 9.17) is 9.84 Å². The molecule has 0 bridgehead atoms. The van der Waals surface area contributed by atoms with Crippen molar-refractivity contribution in [1.29, 1.82) is 0 Å². The molecular weight excluding hydrogens is 290 g/mol. The Balaban J connectivity index is 2.05. The van der Waals surface area contributed by atoms with Crippen molar-refractivity contribution in [2.75, 3.05) is 12.4 Å². The van der Waals surface area contributed by atoms with E-state index >= 15 is 0 Å². The number of amides is 1. The van der Waals surface area contributed by atoms with Gasteiger partial charge in [0.2, 0.25) is 5.91 Å². The third-order valence-electron chi connectivity index (χ3n) is 3.19. The van der Waals surface area contributed by atoms with Gasteiger partial charge in [-0.25, -0.2) is 4.79 Å². The Bertz CT molecular complexity index is 665. The summed E-state index contributed by atoms with van der Waals surface area (Å²) in [5.41, 5.74) is 0.673. The van der Waals surface area contributed by atoms with Gasteiger partial charge in [-0.3, -0.25) is 4.79 Å². The standard InChI is InChI=1S/C15H17NO4S/c1-9(20-2)3-6-14(17)16-11-4-5-12-10(7-11)8-13(21-12)15(18)19/h4-5,7-9H,3,6H2,1-2H3,(H,16,17)(H,18,19). The summed E-state index contributed by atoms with van der Waals surface area (Å²) in [7, 11) is 1.62. The summed E-state index contributed by atoms with van der Waals surface area (Å²) in [4.78, 5) is 23.1. The number of anilines is 1. The van der Waals surface area contributed by atoms with E-state index < -0.39 is 5.97 Å². The number of fused-ring (bicyclic) bond motifs is 1. The Morgan fingerprint density at radius 2 is 2.14 bits per heavy atom. The number of nitrogens with one attached hydrogen (secondary N) is 1. The van der Waals surface area contributed by atoms with E-state index in [9.17, 15) is 9.59 Å². The van der Waals surface area contributed by atoms with Crippen LogP contribution in [-0.4, -0.2) is 30.2 Å². The lowest BCUT2D eigenvalue weighted by Gasteiger charge is -2.09. The third kappa shape index (κ3) is 4.03. The average molecular weight is 307 g/mol. The van der Waals surface area contributed by atoms with E-state index in [1.54, 1.807) is 25.3 Å². The topological polar surface area (TPSA) is 75.6 Å². The first-order chi connectivity index (χ1) is 9.99. The molecule has 2 aromatic rings. The Hall–Kier alpha value is -1.92. The highest BCUT2D eigenvalue weighted by atomic mass is 32.1. The van der Waals surface area contributed by atoms with Crippen LogP contribution >= 0.6 is 11.3 Å². The molecule has 1 amide bonds. The highest BCUT2D eigenvalue weighted by Gasteiger charge is 2.10. The van der Waals surface area contributed by atoms with Crippen molar-refractivity contribution in [3.05, 3.63) is 29.1 Å². The van der Waals surface area contributed by atoms with Crippen molar-refractivity contribution in [2.24, 2.45) is 0 Å². The summed E-state index contributed by atoms with van der Waals surface area (Å²) >= 11 is 1.22. The lowest BCUT2D eigenvalue weighted by molar-refractivity contribution is -0.116. The second kappa shape index (κ2) is 6.69. The largest absolute Gasteiger partial charge is 0.477 e. The molecule has 0 fully saturated rings. The minimum absolute atomic E-state index is 0.0493. The van der Waals surface area contributed by atoms with E-state index in [1.165, 1.54) is 11.3 Å². The summed E-state index contributed by atoms with van der Waals surface area (Å²) in [6.45, 7) is 1.91. The molecule has 1 heterocycles. The Morgan fingerprint density at radius 1 is 1.38 bits per heavy atom. The quantitative estimate of drug-likeness (QED) is 0.858. The fourth-order valence-corrected chi connectivity index (χ4v) is 2.78.